The number of imidazole rings is 1. The van der Waals surface area contributed by atoms with Crippen molar-refractivity contribution in [1.29, 1.82) is 0 Å². The molecule has 2 aromatic heterocycles. The molecule has 7 heteroatoms. The highest BCUT2D eigenvalue weighted by Gasteiger charge is 2.08. The molecule has 0 aliphatic heterocycles. The monoisotopic (exact) mass is 300 g/mol. The van der Waals surface area contributed by atoms with Gasteiger partial charge in [-0.05, 0) is 22.0 Å². The molecule has 2 rings (SSSR count). The average molecular weight is 301 g/mol. The molecular formula is C9H9BrN4OS. The molecule has 0 spiro atoms. The summed E-state index contributed by atoms with van der Waals surface area (Å²) in [6.45, 7) is 0.655. The van der Waals surface area contributed by atoms with Gasteiger partial charge < -0.3 is 15.5 Å². The zero-order valence-corrected chi connectivity index (χ0v) is 10.6. The summed E-state index contributed by atoms with van der Waals surface area (Å²) in [5, 5.41) is 13.6. The third kappa shape index (κ3) is 2.25. The summed E-state index contributed by atoms with van der Waals surface area (Å²) >= 11 is 5.03. The molecule has 0 fully saturated rings. The van der Waals surface area contributed by atoms with Gasteiger partial charge in [-0.2, -0.15) is 0 Å². The van der Waals surface area contributed by atoms with Gasteiger partial charge in [-0.1, -0.05) is 5.16 Å². The first-order valence-corrected chi connectivity index (χ1v) is 6.10. The van der Waals surface area contributed by atoms with Gasteiger partial charge in [0.25, 0.3) is 0 Å². The van der Waals surface area contributed by atoms with Crippen molar-refractivity contribution in [3.8, 4) is 0 Å². The van der Waals surface area contributed by atoms with Crippen molar-refractivity contribution < 1.29 is 5.21 Å². The van der Waals surface area contributed by atoms with E-state index < -0.39 is 0 Å². The Hall–Kier alpha value is -1.34. The van der Waals surface area contributed by atoms with Crippen LogP contribution in [0.2, 0.25) is 0 Å². The second-order valence-corrected chi connectivity index (χ2v) is 5.01. The Bertz CT molecular complexity index is 519. The molecule has 0 bridgehead atoms. The van der Waals surface area contributed by atoms with Gasteiger partial charge in [0, 0.05) is 27.1 Å². The van der Waals surface area contributed by atoms with E-state index in [1.165, 1.54) is 0 Å². The molecule has 0 aliphatic rings. The quantitative estimate of drug-likeness (QED) is 0.393. The molecular weight excluding hydrogens is 292 g/mol. The summed E-state index contributed by atoms with van der Waals surface area (Å²) in [5.74, 6) is 0.479. The van der Waals surface area contributed by atoms with Crippen LogP contribution in [-0.4, -0.2) is 20.6 Å². The third-order valence-electron chi connectivity index (χ3n) is 2.00. The molecule has 3 N–H and O–H groups in total. The lowest BCUT2D eigenvalue weighted by molar-refractivity contribution is 0.318. The van der Waals surface area contributed by atoms with Crippen molar-refractivity contribution in [2.45, 2.75) is 6.54 Å². The molecule has 0 unspecified atom stereocenters. The van der Waals surface area contributed by atoms with Crippen molar-refractivity contribution in [3.63, 3.8) is 0 Å². The molecule has 84 valence electrons. The summed E-state index contributed by atoms with van der Waals surface area (Å²) in [4.78, 5) is 5.19. The zero-order valence-electron chi connectivity index (χ0n) is 8.17. The lowest BCUT2D eigenvalue weighted by atomic mass is 10.4. The largest absolute Gasteiger partial charge is 0.409 e. The zero-order chi connectivity index (χ0) is 11.5. The summed E-state index contributed by atoms with van der Waals surface area (Å²) in [6, 6.07) is 2.03. The van der Waals surface area contributed by atoms with Crippen molar-refractivity contribution >= 4 is 33.1 Å². The summed E-state index contributed by atoms with van der Waals surface area (Å²) < 4.78 is 2.88. The number of hydrogen-bond acceptors (Lipinski definition) is 4. The highest BCUT2D eigenvalue weighted by Crippen LogP contribution is 2.20. The van der Waals surface area contributed by atoms with Gasteiger partial charge in [0.15, 0.2) is 5.82 Å². The van der Waals surface area contributed by atoms with Gasteiger partial charge in [0.05, 0.1) is 6.54 Å². The molecule has 0 amide bonds. The number of aromatic nitrogens is 2. The first kappa shape index (κ1) is 11.2. The Morgan fingerprint density at radius 2 is 2.50 bits per heavy atom. The van der Waals surface area contributed by atoms with E-state index in [2.05, 4.69) is 26.1 Å². The van der Waals surface area contributed by atoms with Crippen LogP contribution in [0, 0.1) is 0 Å². The average Bonchev–Trinajstić information content (AvgIpc) is 2.87. The van der Waals surface area contributed by atoms with E-state index in [0.717, 1.165) is 9.35 Å². The number of halogens is 1. The molecule has 0 atom stereocenters. The molecule has 0 saturated carbocycles. The lowest BCUT2D eigenvalue weighted by Gasteiger charge is -2.04. The number of rotatable bonds is 3. The fourth-order valence-corrected chi connectivity index (χ4v) is 2.77. The molecule has 2 heterocycles. The van der Waals surface area contributed by atoms with E-state index >= 15 is 0 Å². The molecule has 16 heavy (non-hydrogen) atoms. The highest BCUT2D eigenvalue weighted by molar-refractivity contribution is 9.10. The number of thiophene rings is 1. The smallest absolute Gasteiger partial charge is 0.206 e. The van der Waals surface area contributed by atoms with Crippen LogP contribution < -0.4 is 5.73 Å². The maximum Gasteiger partial charge on any atom is 0.206 e. The second kappa shape index (κ2) is 4.67. The van der Waals surface area contributed by atoms with Gasteiger partial charge in [-0.15, -0.1) is 11.3 Å². The molecule has 5 nitrogen and oxygen atoms in total. The Labute approximate surface area is 104 Å². The molecule has 0 radical (unpaired) electrons. The first-order valence-electron chi connectivity index (χ1n) is 4.42. The van der Waals surface area contributed by atoms with E-state index in [1.54, 1.807) is 23.7 Å². The molecule has 0 saturated heterocycles. The van der Waals surface area contributed by atoms with Crippen LogP contribution in [0.5, 0.6) is 0 Å². The van der Waals surface area contributed by atoms with Crippen LogP contribution in [0.3, 0.4) is 0 Å². The minimum atomic E-state index is 0.0145. The minimum absolute atomic E-state index is 0.0145. The maximum absolute atomic E-state index is 8.61. The van der Waals surface area contributed by atoms with Crippen LogP contribution in [0.25, 0.3) is 0 Å². The van der Waals surface area contributed by atoms with E-state index in [9.17, 15) is 0 Å². The Morgan fingerprint density at radius 3 is 3.12 bits per heavy atom. The van der Waals surface area contributed by atoms with Gasteiger partial charge >= 0.3 is 0 Å². The van der Waals surface area contributed by atoms with E-state index in [4.69, 9.17) is 10.9 Å². The normalized spacial score (nSPS) is 11.9. The van der Waals surface area contributed by atoms with E-state index in [-0.39, 0.29) is 5.84 Å². The predicted octanol–water partition coefficient (Wildman–Crippen LogP) is 1.85. The van der Waals surface area contributed by atoms with E-state index in [0.29, 0.717) is 12.4 Å². The van der Waals surface area contributed by atoms with Crippen LogP contribution in [-0.2, 0) is 6.54 Å². The van der Waals surface area contributed by atoms with Crippen LogP contribution in [0.1, 0.15) is 10.7 Å². The summed E-state index contributed by atoms with van der Waals surface area (Å²) in [6.07, 6.45) is 3.41. The summed E-state index contributed by atoms with van der Waals surface area (Å²) in [5.41, 5.74) is 5.51. The maximum atomic E-state index is 8.61. The fourth-order valence-electron chi connectivity index (χ4n) is 1.32. The number of nitrogens with zero attached hydrogens (tertiary/aromatic N) is 3. The van der Waals surface area contributed by atoms with Crippen molar-refractivity contribution in [3.05, 3.63) is 39.0 Å². The first-order chi connectivity index (χ1) is 7.70. The van der Waals surface area contributed by atoms with Gasteiger partial charge in [-0.3, -0.25) is 0 Å². The molecule has 0 aromatic carbocycles. The SMILES string of the molecule is NC(=NO)c1nccn1Cc1cc(Br)cs1. The standard InChI is InChI=1S/C9H9BrN4OS/c10-6-3-7(16-5-6)4-14-2-1-12-9(14)8(11)13-15/h1-3,5,15H,4H2,(H2,11,13). The fraction of sp³-hybridized carbons (Fsp3) is 0.111. The number of oxime groups is 1. The third-order valence-corrected chi connectivity index (χ3v) is 3.68. The second-order valence-electron chi connectivity index (χ2n) is 3.10. The van der Waals surface area contributed by atoms with Crippen molar-refractivity contribution in [2.75, 3.05) is 0 Å². The Morgan fingerprint density at radius 1 is 1.69 bits per heavy atom. The van der Waals surface area contributed by atoms with Crippen LogP contribution >= 0.6 is 27.3 Å². The number of amidine groups is 1. The predicted molar refractivity (Wildman–Crippen MR) is 65.9 cm³/mol. The molecule has 0 aliphatic carbocycles. The topological polar surface area (TPSA) is 76.4 Å². The Kier molecular flexibility index (Phi) is 3.25. The Balaban J connectivity index is 2.25. The lowest BCUT2D eigenvalue weighted by Crippen LogP contribution is -2.19. The highest BCUT2D eigenvalue weighted by atomic mass is 79.9. The van der Waals surface area contributed by atoms with Crippen LogP contribution in [0.4, 0.5) is 0 Å². The minimum Gasteiger partial charge on any atom is -0.409 e. The molecule has 2 aromatic rings. The number of nitrogens with two attached hydrogens (primary N) is 1. The number of hydrogen-bond donors (Lipinski definition) is 2. The van der Waals surface area contributed by atoms with Crippen LogP contribution in [0.15, 0.2) is 33.5 Å². The van der Waals surface area contributed by atoms with Gasteiger partial charge in [0.2, 0.25) is 5.84 Å². The van der Waals surface area contributed by atoms with Gasteiger partial charge in [0.1, 0.15) is 0 Å². The van der Waals surface area contributed by atoms with Gasteiger partial charge in [-0.25, -0.2) is 4.98 Å². The van der Waals surface area contributed by atoms with Crippen molar-refractivity contribution in [2.24, 2.45) is 10.9 Å². The summed E-state index contributed by atoms with van der Waals surface area (Å²) in [7, 11) is 0. The van der Waals surface area contributed by atoms with E-state index in [1.807, 2.05) is 16.0 Å². The van der Waals surface area contributed by atoms with Crippen molar-refractivity contribution in [1.82, 2.24) is 9.55 Å².